The van der Waals surface area contributed by atoms with Gasteiger partial charge in [-0.3, -0.25) is 14.4 Å². The zero-order chi connectivity index (χ0) is 17.0. The van der Waals surface area contributed by atoms with Crippen LogP contribution in [-0.2, 0) is 14.4 Å². The normalized spacial score (nSPS) is 25.2. The maximum absolute atomic E-state index is 12.8. The van der Waals surface area contributed by atoms with Gasteiger partial charge in [0.1, 0.15) is 0 Å². The molecule has 0 aromatic heterocycles. The van der Waals surface area contributed by atoms with Crippen molar-refractivity contribution >= 4 is 17.7 Å². The van der Waals surface area contributed by atoms with Gasteiger partial charge in [0.15, 0.2) is 6.17 Å². The number of nitrogens with zero attached hydrogens (tertiary/aromatic N) is 3. The van der Waals surface area contributed by atoms with E-state index in [0.717, 1.165) is 25.7 Å². The van der Waals surface area contributed by atoms with Crippen LogP contribution in [0.2, 0.25) is 0 Å². The minimum atomic E-state index is -0.753. The average molecular weight is 324 g/mol. The summed E-state index contributed by atoms with van der Waals surface area (Å²) in [5.74, 6) is -0.217. The van der Waals surface area contributed by atoms with Gasteiger partial charge < -0.3 is 20.4 Å². The molecule has 0 aliphatic carbocycles. The summed E-state index contributed by atoms with van der Waals surface area (Å²) in [6, 6.07) is -0.215. The molecule has 2 aliphatic heterocycles. The van der Waals surface area contributed by atoms with Gasteiger partial charge in [0.2, 0.25) is 11.8 Å². The van der Waals surface area contributed by atoms with Crippen LogP contribution in [0.4, 0.5) is 0 Å². The van der Waals surface area contributed by atoms with Crippen molar-refractivity contribution in [3.05, 3.63) is 0 Å². The second-order valence-corrected chi connectivity index (χ2v) is 6.42. The van der Waals surface area contributed by atoms with E-state index in [2.05, 4.69) is 0 Å². The summed E-state index contributed by atoms with van der Waals surface area (Å²) in [7, 11) is 0. The van der Waals surface area contributed by atoms with Gasteiger partial charge in [-0.25, -0.2) is 0 Å². The Bertz CT molecular complexity index is 468. The molecule has 2 atom stereocenters. The van der Waals surface area contributed by atoms with E-state index in [-0.39, 0.29) is 30.3 Å². The number of hydrogen-bond donors (Lipinski definition) is 1. The largest absolute Gasteiger partial charge is 0.330 e. The van der Waals surface area contributed by atoms with Crippen LogP contribution in [0.3, 0.4) is 0 Å². The molecule has 0 aromatic rings. The lowest BCUT2D eigenvalue weighted by Crippen LogP contribution is -2.71. The monoisotopic (exact) mass is 324 g/mol. The molecule has 0 saturated carbocycles. The molecule has 130 valence electrons. The highest BCUT2D eigenvalue weighted by Gasteiger charge is 2.49. The fraction of sp³-hybridized carbons (Fsp3) is 0.812. The third-order valence-corrected chi connectivity index (χ3v) is 4.57. The second-order valence-electron chi connectivity index (χ2n) is 6.42. The molecule has 7 heteroatoms. The van der Waals surface area contributed by atoms with Gasteiger partial charge in [-0.15, -0.1) is 0 Å². The highest BCUT2D eigenvalue weighted by molar-refractivity contribution is 5.98. The van der Waals surface area contributed by atoms with Crippen molar-refractivity contribution in [2.45, 2.75) is 58.2 Å². The fourth-order valence-electron chi connectivity index (χ4n) is 3.43. The Morgan fingerprint density at radius 1 is 1.09 bits per heavy atom. The SMILES string of the molecule is CCCN1CC(=O)N2C(C)CC(=O)N(CCCCCN)C2C1=O. The molecule has 0 bridgehead atoms. The first-order valence-corrected chi connectivity index (χ1v) is 8.60. The van der Waals surface area contributed by atoms with Gasteiger partial charge in [0, 0.05) is 25.6 Å². The molecule has 2 N–H and O–H groups in total. The number of piperazine rings is 1. The number of nitrogens with two attached hydrogens (primary N) is 1. The topological polar surface area (TPSA) is 87.0 Å². The van der Waals surface area contributed by atoms with Crippen LogP contribution < -0.4 is 5.73 Å². The van der Waals surface area contributed by atoms with Crippen LogP contribution >= 0.6 is 0 Å². The van der Waals surface area contributed by atoms with Gasteiger partial charge in [-0.1, -0.05) is 13.3 Å². The summed E-state index contributed by atoms with van der Waals surface area (Å²) in [6.07, 6.45) is 2.96. The Balaban J connectivity index is 2.17. The van der Waals surface area contributed by atoms with E-state index in [1.807, 2.05) is 13.8 Å². The molecule has 0 aromatic carbocycles. The molecule has 2 heterocycles. The Hall–Kier alpha value is -1.63. The van der Waals surface area contributed by atoms with Crippen molar-refractivity contribution < 1.29 is 14.4 Å². The highest BCUT2D eigenvalue weighted by Crippen LogP contribution is 2.27. The quantitative estimate of drug-likeness (QED) is 0.675. The Morgan fingerprint density at radius 3 is 2.48 bits per heavy atom. The lowest BCUT2D eigenvalue weighted by Gasteiger charge is -2.50. The molecule has 0 spiro atoms. The number of carbonyl (C=O) groups excluding carboxylic acids is 3. The van der Waals surface area contributed by atoms with Gasteiger partial charge in [-0.2, -0.15) is 0 Å². The molecule has 2 fully saturated rings. The zero-order valence-electron chi connectivity index (χ0n) is 14.2. The lowest BCUT2D eigenvalue weighted by molar-refractivity contribution is -0.178. The lowest BCUT2D eigenvalue weighted by atomic mass is 10.0. The van der Waals surface area contributed by atoms with E-state index in [0.29, 0.717) is 26.1 Å². The third-order valence-electron chi connectivity index (χ3n) is 4.57. The maximum Gasteiger partial charge on any atom is 0.266 e. The van der Waals surface area contributed by atoms with Crippen LogP contribution in [0.5, 0.6) is 0 Å². The first kappa shape index (κ1) is 17.7. The Labute approximate surface area is 137 Å². The third kappa shape index (κ3) is 3.65. The highest BCUT2D eigenvalue weighted by atomic mass is 16.2. The van der Waals surface area contributed by atoms with Crippen molar-refractivity contribution in [3.63, 3.8) is 0 Å². The summed E-state index contributed by atoms with van der Waals surface area (Å²) in [6.45, 7) is 5.63. The van der Waals surface area contributed by atoms with Crippen LogP contribution in [0.1, 0.15) is 46.0 Å². The van der Waals surface area contributed by atoms with E-state index in [1.54, 1.807) is 14.7 Å². The van der Waals surface area contributed by atoms with Crippen molar-refractivity contribution in [3.8, 4) is 0 Å². The fourth-order valence-corrected chi connectivity index (χ4v) is 3.43. The number of rotatable bonds is 7. The average Bonchev–Trinajstić information content (AvgIpc) is 2.50. The van der Waals surface area contributed by atoms with Gasteiger partial charge >= 0.3 is 0 Å². The summed E-state index contributed by atoms with van der Waals surface area (Å²) in [5, 5.41) is 0. The maximum atomic E-state index is 12.8. The van der Waals surface area contributed by atoms with Gasteiger partial charge in [0.25, 0.3) is 5.91 Å². The van der Waals surface area contributed by atoms with Crippen molar-refractivity contribution in [1.29, 1.82) is 0 Å². The standard InChI is InChI=1S/C16H28N4O3/c1-3-8-18-11-14(22)20-12(2)10-13(21)19(15(20)16(18)23)9-6-4-5-7-17/h12,15H,3-11,17H2,1-2H3. The van der Waals surface area contributed by atoms with Crippen LogP contribution in [0.25, 0.3) is 0 Å². The molecule has 7 nitrogen and oxygen atoms in total. The number of fused-ring (bicyclic) bond motifs is 1. The number of amides is 3. The minimum absolute atomic E-state index is 0.0361. The predicted molar refractivity (Wildman–Crippen MR) is 86.2 cm³/mol. The van der Waals surface area contributed by atoms with E-state index >= 15 is 0 Å². The Kier molecular flexibility index (Phi) is 5.98. The molecule has 0 radical (unpaired) electrons. The summed E-state index contributed by atoms with van der Waals surface area (Å²) in [5.41, 5.74) is 5.50. The van der Waals surface area contributed by atoms with Crippen LogP contribution in [-0.4, -0.2) is 70.8 Å². The molecular weight excluding hydrogens is 296 g/mol. The van der Waals surface area contributed by atoms with Crippen LogP contribution in [0.15, 0.2) is 0 Å². The van der Waals surface area contributed by atoms with Gasteiger partial charge in [-0.05, 0) is 32.7 Å². The smallest absolute Gasteiger partial charge is 0.266 e. The number of unbranched alkanes of at least 4 members (excludes halogenated alkanes) is 2. The molecule has 3 amide bonds. The predicted octanol–water partition coefficient (Wildman–Crippen LogP) is 0.143. The van der Waals surface area contributed by atoms with E-state index in [9.17, 15) is 14.4 Å². The first-order chi connectivity index (χ1) is 11.0. The van der Waals surface area contributed by atoms with E-state index in [1.165, 1.54) is 0 Å². The summed E-state index contributed by atoms with van der Waals surface area (Å²) >= 11 is 0. The molecule has 2 unspecified atom stereocenters. The van der Waals surface area contributed by atoms with Crippen LogP contribution in [0, 0.1) is 0 Å². The van der Waals surface area contributed by atoms with E-state index < -0.39 is 6.17 Å². The van der Waals surface area contributed by atoms with E-state index in [4.69, 9.17) is 5.73 Å². The molecule has 2 rings (SSSR count). The second kappa shape index (κ2) is 7.77. The van der Waals surface area contributed by atoms with Gasteiger partial charge in [0.05, 0.1) is 6.54 Å². The number of hydrogen-bond acceptors (Lipinski definition) is 4. The molecule has 2 aliphatic rings. The Morgan fingerprint density at radius 2 is 1.83 bits per heavy atom. The number of carbonyl (C=O) groups is 3. The van der Waals surface area contributed by atoms with Crippen molar-refractivity contribution in [1.82, 2.24) is 14.7 Å². The molecule has 2 saturated heterocycles. The molecular formula is C16H28N4O3. The first-order valence-electron chi connectivity index (χ1n) is 8.60. The zero-order valence-corrected chi connectivity index (χ0v) is 14.2. The summed E-state index contributed by atoms with van der Waals surface area (Å²) < 4.78 is 0. The molecule has 23 heavy (non-hydrogen) atoms. The van der Waals surface area contributed by atoms with Crippen molar-refractivity contribution in [2.75, 3.05) is 26.2 Å². The summed E-state index contributed by atoms with van der Waals surface area (Å²) in [4.78, 5) is 42.5. The van der Waals surface area contributed by atoms with Crippen molar-refractivity contribution in [2.24, 2.45) is 5.73 Å². The minimum Gasteiger partial charge on any atom is -0.330 e.